The predicted octanol–water partition coefficient (Wildman–Crippen LogP) is 1.55. The van der Waals surface area contributed by atoms with Gasteiger partial charge in [0.2, 0.25) is 5.91 Å². The molecule has 0 aromatic rings. The molecule has 21 heavy (non-hydrogen) atoms. The van der Waals surface area contributed by atoms with Crippen LogP contribution in [0.25, 0.3) is 0 Å². The molecule has 0 aromatic carbocycles. The second-order valence-corrected chi connectivity index (χ2v) is 6.69. The van der Waals surface area contributed by atoms with Crippen LogP contribution >= 0.6 is 11.8 Å². The van der Waals surface area contributed by atoms with Crippen molar-refractivity contribution in [1.29, 1.82) is 0 Å². The van der Waals surface area contributed by atoms with E-state index in [4.69, 9.17) is 0 Å². The fourth-order valence-electron chi connectivity index (χ4n) is 2.98. The van der Waals surface area contributed by atoms with E-state index in [-0.39, 0.29) is 29.4 Å². The van der Waals surface area contributed by atoms with Crippen LogP contribution in [0.3, 0.4) is 0 Å². The molecule has 2 rings (SSSR count). The van der Waals surface area contributed by atoms with Gasteiger partial charge >= 0.3 is 5.97 Å². The van der Waals surface area contributed by atoms with Gasteiger partial charge in [0.1, 0.15) is 0 Å². The van der Waals surface area contributed by atoms with Gasteiger partial charge in [-0.15, -0.1) is 0 Å². The van der Waals surface area contributed by atoms with E-state index in [1.165, 1.54) is 11.8 Å². The Kier molecular flexibility index (Phi) is 5.90. The topological polar surface area (TPSA) is 86.7 Å². The van der Waals surface area contributed by atoms with Crippen molar-refractivity contribution in [2.45, 2.75) is 32.1 Å². The number of rotatable bonds is 6. The van der Waals surface area contributed by atoms with Gasteiger partial charge < -0.3 is 15.3 Å². The average molecular weight is 314 g/mol. The molecule has 1 saturated carbocycles. The van der Waals surface area contributed by atoms with Gasteiger partial charge in [0.25, 0.3) is 5.24 Å². The number of aliphatic carboxylic acids is 1. The van der Waals surface area contributed by atoms with Crippen molar-refractivity contribution in [3.05, 3.63) is 0 Å². The minimum absolute atomic E-state index is 0.0316. The van der Waals surface area contributed by atoms with Crippen LogP contribution in [0.1, 0.15) is 32.1 Å². The van der Waals surface area contributed by atoms with Gasteiger partial charge in [0.05, 0.1) is 5.92 Å². The standard InChI is InChI=1S/C14H22N2O4S/c17-12(5-6-16-7-8-21-14(16)20)15-9-10-3-1-2-4-11(10)13(18)19/h10-11H,1-9H2,(H,15,17)(H,18,19). The largest absolute Gasteiger partial charge is 0.481 e. The molecule has 1 saturated heterocycles. The van der Waals surface area contributed by atoms with Crippen molar-refractivity contribution in [3.63, 3.8) is 0 Å². The number of thioether (sulfide) groups is 1. The van der Waals surface area contributed by atoms with E-state index in [1.807, 2.05) is 0 Å². The van der Waals surface area contributed by atoms with E-state index in [0.717, 1.165) is 25.0 Å². The molecule has 0 aromatic heterocycles. The minimum atomic E-state index is -0.756. The number of carboxylic acids is 1. The fraction of sp³-hybridized carbons (Fsp3) is 0.786. The maximum absolute atomic E-state index is 11.8. The van der Waals surface area contributed by atoms with Crippen LogP contribution in [-0.2, 0) is 9.59 Å². The first-order chi connectivity index (χ1) is 10.1. The average Bonchev–Trinajstić information content (AvgIpc) is 2.88. The van der Waals surface area contributed by atoms with Crippen molar-refractivity contribution in [2.24, 2.45) is 11.8 Å². The quantitative estimate of drug-likeness (QED) is 0.777. The molecule has 118 valence electrons. The number of carboxylic acid groups (broad SMARTS) is 1. The van der Waals surface area contributed by atoms with E-state index >= 15 is 0 Å². The summed E-state index contributed by atoms with van der Waals surface area (Å²) < 4.78 is 0. The van der Waals surface area contributed by atoms with Crippen LogP contribution in [-0.4, -0.2) is 52.5 Å². The van der Waals surface area contributed by atoms with Gasteiger partial charge in [0, 0.05) is 31.8 Å². The van der Waals surface area contributed by atoms with E-state index in [0.29, 0.717) is 26.1 Å². The highest BCUT2D eigenvalue weighted by molar-refractivity contribution is 8.13. The number of nitrogens with zero attached hydrogens (tertiary/aromatic N) is 1. The Bertz CT molecular complexity index is 416. The maximum Gasteiger partial charge on any atom is 0.306 e. The Hall–Kier alpha value is -1.24. The van der Waals surface area contributed by atoms with E-state index in [9.17, 15) is 19.5 Å². The Balaban J connectivity index is 1.70. The Labute approximate surface area is 128 Å². The van der Waals surface area contributed by atoms with Crippen molar-refractivity contribution in [1.82, 2.24) is 10.2 Å². The monoisotopic (exact) mass is 314 g/mol. The third-order valence-corrected chi connectivity index (χ3v) is 5.13. The molecule has 2 amide bonds. The second kappa shape index (κ2) is 7.68. The van der Waals surface area contributed by atoms with Crippen LogP contribution in [0, 0.1) is 11.8 Å². The predicted molar refractivity (Wildman–Crippen MR) is 80.1 cm³/mol. The lowest BCUT2D eigenvalue weighted by atomic mass is 9.79. The van der Waals surface area contributed by atoms with Gasteiger partial charge in [-0.1, -0.05) is 24.6 Å². The number of hydrogen-bond acceptors (Lipinski definition) is 4. The highest BCUT2D eigenvalue weighted by Gasteiger charge is 2.30. The first-order valence-electron chi connectivity index (χ1n) is 7.49. The molecule has 2 atom stereocenters. The van der Waals surface area contributed by atoms with E-state index in [1.54, 1.807) is 4.90 Å². The van der Waals surface area contributed by atoms with Crippen molar-refractivity contribution in [2.75, 3.05) is 25.4 Å². The summed E-state index contributed by atoms with van der Waals surface area (Å²) >= 11 is 1.29. The SMILES string of the molecule is O=C(CCN1CCSC1=O)NCC1CCCCC1C(=O)O. The lowest BCUT2D eigenvalue weighted by Gasteiger charge is -2.28. The summed E-state index contributed by atoms with van der Waals surface area (Å²) in [5.74, 6) is -0.370. The lowest BCUT2D eigenvalue weighted by molar-refractivity contribution is -0.145. The summed E-state index contributed by atoms with van der Waals surface area (Å²) in [6.45, 7) is 1.59. The van der Waals surface area contributed by atoms with Gasteiger partial charge in [-0.2, -0.15) is 0 Å². The molecular formula is C14H22N2O4S. The van der Waals surface area contributed by atoms with Crippen LogP contribution < -0.4 is 5.32 Å². The van der Waals surface area contributed by atoms with Gasteiger partial charge in [-0.05, 0) is 18.8 Å². The fourth-order valence-corrected chi connectivity index (χ4v) is 3.83. The molecule has 2 aliphatic rings. The first-order valence-corrected chi connectivity index (χ1v) is 8.47. The zero-order valence-electron chi connectivity index (χ0n) is 12.0. The zero-order chi connectivity index (χ0) is 15.2. The third-order valence-electron chi connectivity index (χ3n) is 4.24. The summed E-state index contributed by atoms with van der Waals surface area (Å²) in [5, 5.41) is 12.1. The number of carbonyl (C=O) groups excluding carboxylic acids is 2. The van der Waals surface area contributed by atoms with Gasteiger partial charge in [0.15, 0.2) is 0 Å². The molecule has 1 heterocycles. The Morgan fingerprint density at radius 2 is 2.10 bits per heavy atom. The molecular weight excluding hydrogens is 292 g/mol. The summed E-state index contributed by atoms with van der Waals surface area (Å²) in [7, 11) is 0. The van der Waals surface area contributed by atoms with Crippen molar-refractivity contribution >= 4 is 28.9 Å². The molecule has 0 bridgehead atoms. The zero-order valence-corrected chi connectivity index (χ0v) is 12.9. The molecule has 7 heteroatoms. The number of amides is 2. The Morgan fingerprint density at radius 1 is 1.33 bits per heavy atom. The third kappa shape index (κ3) is 4.62. The molecule has 2 fully saturated rings. The summed E-state index contributed by atoms with van der Waals surface area (Å²) in [4.78, 5) is 36.1. The highest BCUT2D eigenvalue weighted by Crippen LogP contribution is 2.29. The highest BCUT2D eigenvalue weighted by atomic mass is 32.2. The van der Waals surface area contributed by atoms with Crippen LogP contribution in [0.2, 0.25) is 0 Å². The molecule has 0 spiro atoms. The van der Waals surface area contributed by atoms with Gasteiger partial charge in [-0.25, -0.2) is 0 Å². The van der Waals surface area contributed by atoms with E-state index < -0.39 is 5.97 Å². The van der Waals surface area contributed by atoms with Crippen molar-refractivity contribution < 1.29 is 19.5 Å². The van der Waals surface area contributed by atoms with E-state index in [2.05, 4.69) is 5.32 Å². The first kappa shape index (κ1) is 16.1. The summed E-state index contributed by atoms with van der Waals surface area (Å²) in [6, 6.07) is 0. The summed E-state index contributed by atoms with van der Waals surface area (Å²) in [5.41, 5.74) is 0. The van der Waals surface area contributed by atoms with Crippen LogP contribution in [0.5, 0.6) is 0 Å². The maximum atomic E-state index is 11.8. The summed E-state index contributed by atoms with van der Waals surface area (Å²) in [6.07, 6.45) is 3.84. The molecule has 1 aliphatic carbocycles. The number of nitrogens with one attached hydrogen (secondary N) is 1. The van der Waals surface area contributed by atoms with Crippen LogP contribution in [0.15, 0.2) is 0 Å². The number of hydrogen-bond donors (Lipinski definition) is 2. The van der Waals surface area contributed by atoms with Crippen molar-refractivity contribution in [3.8, 4) is 0 Å². The number of carbonyl (C=O) groups is 3. The van der Waals surface area contributed by atoms with Crippen LogP contribution in [0.4, 0.5) is 4.79 Å². The smallest absolute Gasteiger partial charge is 0.306 e. The van der Waals surface area contributed by atoms with Gasteiger partial charge in [-0.3, -0.25) is 14.4 Å². The molecule has 0 radical (unpaired) electrons. The lowest BCUT2D eigenvalue weighted by Crippen LogP contribution is -2.38. The molecule has 2 N–H and O–H groups in total. The molecule has 1 aliphatic heterocycles. The molecule has 6 nitrogen and oxygen atoms in total. The Morgan fingerprint density at radius 3 is 2.76 bits per heavy atom. The second-order valence-electron chi connectivity index (χ2n) is 5.64. The minimum Gasteiger partial charge on any atom is -0.481 e. The molecule has 2 unspecified atom stereocenters. The normalized spacial score (nSPS) is 25.9.